The molecule has 2 aromatic carbocycles. The molecular weight excluding hydrogens is 367 g/mol. The molecule has 1 heterocycles. The van der Waals surface area contributed by atoms with Gasteiger partial charge in [0, 0.05) is 16.8 Å². The van der Waals surface area contributed by atoms with Crippen LogP contribution in [0.25, 0.3) is 0 Å². The van der Waals surface area contributed by atoms with Crippen molar-refractivity contribution in [3.63, 3.8) is 0 Å². The third-order valence-corrected chi connectivity index (χ3v) is 5.42. The molecule has 0 aliphatic carbocycles. The number of allylic oxidation sites excluding steroid dienone is 2. The van der Waals surface area contributed by atoms with Crippen LogP contribution in [0, 0.1) is 23.7 Å². The van der Waals surface area contributed by atoms with Gasteiger partial charge >= 0.3 is 0 Å². The van der Waals surface area contributed by atoms with Crippen molar-refractivity contribution in [3.05, 3.63) is 81.6 Å². The maximum absolute atomic E-state index is 15.1. The first-order chi connectivity index (χ1) is 13.7. The number of nitrogens with one attached hydrogen (secondary N) is 1. The van der Waals surface area contributed by atoms with Gasteiger partial charge in [-0.3, -0.25) is 10.2 Å². The Balaban J connectivity index is 1.78. The topological polar surface area (TPSA) is 94.0 Å². The van der Waals surface area contributed by atoms with E-state index in [0.717, 1.165) is 5.56 Å². The molecule has 0 saturated carbocycles. The summed E-state index contributed by atoms with van der Waals surface area (Å²) in [4.78, 5) is 14.3. The van der Waals surface area contributed by atoms with Crippen molar-refractivity contribution in [1.29, 1.82) is 10.7 Å². The monoisotopic (exact) mass is 390 g/mol. The van der Waals surface area contributed by atoms with Gasteiger partial charge in [-0.15, -0.1) is 0 Å². The lowest BCUT2D eigenvalue weighted by atomic mass is 9.86. The summed E-state index contributed by atoms with van der Waals surface area (Å²) in [5, 5.41) is 17.2. The highest BCUT2D eigenvalue weighted by Gasteiger charge is 2.47. The third-order valence-electron chi connectivity index (χ3n) is 5.42. The van der Waals surface area contributed by atoms with Crippen molar-refractivity contribution in [2.24, 2.45) is 5.73 Å². The van der Waals surface area contributed by atoms with E-state index in [4.69, 9.17) is 16.4 Å². The second-order valence-corrected chi connectivity index (χ2v) is 7.53. The fourth-order valence-corrected chi connectivity index (χ4v) is 3.33. The summed E-state index contributed by atoms with van der Waals surface area (Å²) in [6.07, 6.45) is 0. The lowest BCUT2D eigenvalue weighted by Crippen LogP contribution is -2.58. The van der Waals surface area contributed by atoms with Gasteiger partial charge in [0.2, 0.25) is 0 Å². The molecule has 0 radical (unpaired) electrons. The van der Waals surface area contributed by atoms with Crippen LogP contribution in [-0.4, -0.2) is 29.6 Å². The zero-order chi connectivity index (χ0) is 21.3. The number of nitriles is 1. The number of nitrogens with two attached hydrogens (primary N) is 1. The van der Waals surface area contributed by atoms with Crippen LogP contribution >= 0.6 is 0 Å². The predicted octanol–water partition coefficient (Wildman–Crippen LogP) is 3.81. The van der Waals surface area contributed by atoms with E-state index < -0.39 is 5.67 Å². The number of hydrogen-bond acceptors (Lipinski definition) is 4. The minimum absolute atomic E-state index is 0.0424. The van der Waals surface area contributed by atoms with E-state index in [9.17, 15) is 4.79 Å². The second-order valence-electron chi connectivity index (χ2n) is 7.53. The van der Waals surface area contributed by atoms with Crippen LogP contribution in [0.5, 0.6) is 0 Å². The van der Waals surface area contributed by atoms with Gasteiger partial charge in [0.1, 0.15) is 0 Å². The number of benzene rings is 2. The molecule has 3 N–H and O–H groups in total. The first-order valence-electron chi connectivity index (χ1n) is 9.28. The standard InChI is InChI=1S/C23H23FN4O/c1-14-4-7-18(10-20(14)21(27)15(2)16(3)26)22(29)28-12-23(24,13-28)19-8-5-17(11-25)6-9-19/h4-10,27H,12-13,26H2,1-3H3/b16-15-,27-21?. The minimum Gasteiger partial charge on any atom is -0.402 e. The first-order valence-corrected chi connectivity index (χ1v) is 9.28. The molecule has 1 amide bonds. The lowest BCUT2D eigenvalue weighted by molar-refractivity contribution is -0.0231. The highest BCUT2D eigenvalue weighted by molar-refractivity contribution is 6.12. The van der Waals surface area contributed by atoms with Gasteiger partial charge < -0.3 is 10.6 Å². The molecular formula is C23H23FN4O. The van der Waals surface area contributed by atoms with Gasteiger partial charge in [0.15, 0.2) is 5.67 Å². The van der Waals surface area contributed by atoms with E-state index in [-0.39, 0.29) is 24.7 Å². The molecule has 2 aromatic rings. The Morgan fingerprint density at radius 1 is 1.21 bits per heavy atom. The molecule has 29 heavy (non-hydrogen) atoms. The van der Waals surface area contributed by atoms with Crippen molar-refractivity contribution < 1.29 is 9.18 Å². The van der Waals surface area contributed by atoms with Crippen LogP contribution in [0.1, 0.15) is 46.5 Å². The Bertz CT molecular complexity index is 1050. The number of alkyl halides is 1. The Labute approximate surface area is 169 Å². The molecule has 1 fully saturated rings. The highest BCUT2D eigenvalue weighted by atomic mass is 19.1. The van der Waals surface area contributed by atoms with Crippen molar-refractivity contribution in [1.82, 2.24) is 4.90 Å². The zero-order valence-corrected chi connectivity index (χ0v) is 16.7. The van der Waals surface area contributed by atoms with Crippen LogP contribution < -0.4 is 5.73 Å². The molecule has 1 saturated heterocycles. The molecule has 0 spiro atoms. The van der Waals surface area contributed by atoms with Gasteiger partial charge in [-0.05, 0) is 61.7 Å². The minimum atomic E-state index is -1.61. The van der Waals surface area contributed by atoms with E-state index >= 15 is 4.39 Å². The number of rotatable bonds is 4. The number of hydrogen-bond donors (Lipinski definition) is 2. The molecule has 5 nitrogen and oxygen atoms in total. The van der Waals surface area contributed by atoms with Gasteiger partial charge in [-0.2, -0.15) is 5.26 Å². The summed E-state index contributed by atoms with van der Waals surface area (Å²) in [7, 11) is 0. The second kappa shape index (κ2) is 7.51. The highest BCUT2D eigenvalue weighted by Crippen LogP contribution is 2.37. The van der Waals surface area contributed by atoms with Crippen LogP contribution in [0.2, 0.25) is 0 Å². The van der Waals surface area contributed by atoms with Crippen molar-refractivity contribution >= 4 is 11.6 Å². The van der Waals surface area contributed by atoms with Crippen molar-refractivity contribution in [3.8, 4) is 6.07 Å². The zero-order valence-electron chi connectivity index (χ0n) is 16.7. The van der Waals surface area contributed by atoms with Gasteiger partial charge in [0.05, 0.1) is 30.4 Å². The Morgan fingerprint density at radius 3 is 2.38 bits per heavy atom. The maximum atomic E-state index is 15.1. The average Bonchev–Trinajstić information content (AvgIpc) is 2.70. The number of likely N-dealkylation sites (tertiary alicyclic amines) is 1. The molecule has 0 aromatic heterocycles. The fourth-order valence-electron chi connectivity index (χ4n) is 3.33. The SMILES string of the molecule is C/C(N)=C(\C)C(=N)c1cc(C(=O)N2CC(F)(c3ccc(C#N)cc3)C2)ccc1C. The summed E-state index contributed by atoms with van der Waals surface area (Å²) >= 11 is 0. The van der Waals surface area contributed by atoms with Crippen LogP contribution in [-0.2, 0) is 5.67 Å². The summed E-state index contributed by atoms with van der Waals surface area (Å²) < 4.78 is 15.1. The van der Waals surface area contributed by atoms with E-state index in [2.05, 4.69) is 0 Å². The van der Waals surface area contributed by atoms with E-state index in [0.29, 0.717) is 33.5 Å². The Hall–Kier alpha value is -3.46. The molecule has 3 rings (SSSR count). The van der Waals surface area contributed by atoms with E-state index in [1.807, 2.05) is 13.0 Å². The van der Waals surface area contributed by atoms with Crippen LogP contribution in [0.3, 0.4) is 0 Å². The molecule has 6 heteroatoms. The smallest absolute Gasteiger partial charge is 0.254 e. The molecule has 0 atom stereocenters. The average molecular weight is 390 g/mol. The fraction of sp³-hybridized carbons (Fsp3) is 0.261. The Kier molecular flexibility index (Phi) is 5.25. The van der Waals surface area contributed by atoms with E-state index in [1.165, 1.54) is 4.90 Å². The van der Waals surface area contributed by atoms with Crippen molar-refractivity contribution in [2.75, 3.05) is 13.1 Å². The number of nitrogens with zero attached hydrogens (tertiary/aromatic N) is 2. The lowest BCUT2D eigenvalue weighted by Gasteiger charge is -2.44. The van der Waals surface area contributed by atoms with Gasteiger partial charge in [0.25, 0.3) is 5.91 Å². The quantitative estimate of drug-likeness (QED) is 0.777. The largest absolute Gasteiger partial charge is 0.402 e. The number of aryl methyl sites for hydroxylation is 1. The summed E-state index contributed by atoms with van der Waals surface area (Å²) in [6, 6.07) is 13.5. The molecule has 148 valence electrons. The number of halogens is 1. The Morgan fingerprint density at radius 2 is 1.83 bits per heavy atom. The first kappa shape index (κ1) is 20.3. The number of carbonyl (C=O) groups is 1. The normalized spacial score (nSPS) is 15.8. The van der Waals surface area contributed by atoms with Crippen LogP contribution in [0.15, 0.2) is 53.7 Å². The van der Waals surface area contributed by atoms with Crippen LogP contribution in [0.4, 0.5) is 4.39 Å². The number of carbonyl (C=O) groups excluding carboxylic acids is 1. The summed E-state index contributed by atoms with van der Waals surface area (Å²) in [5.41, 5.74) is 8.54. The number of amides is 1. The van der Waals surface area contributed by atoms with Gasteiger partial charge in [-0.1, -0.05) is 18.2 Å². The molecule has 1 aliphatic heterocycles. The maximum Gasteiger partial charge on any atom is 0.254 e. The van der Waals surface area contributed by atoms with E-state index in [1.54, 1.807) is 56.3 Å². The van der Waals surface area contributed by atoms with Crippen molar-refractivity contribution in [2.45, 2.75) is 26.4 Å². The molecule has 0 bridgehead atoms. The van der Waals surface area contributed by atoms with Gasteiger partial charge in [-0.25, -0.2) is 4.39 Å². The molecule has 1 aliphatic rings. The summed E-state index contributed by atoms with van der Waals surface area (Å²) in [6.45, 7) is 5.30. The molecule has 0 unspecified atom stereocenters. The third kappa shape index (κ3) is 3.77. The predicted molar refractivity (Wildman–Crippen MR) is 110 cm³/mol. The summed E-state index contributed by atoms with van der Waals surface area (Å²) in [5.74, 6) is -0.271.